The third-order valence-corrected chi connectivity index (χ3v) is 21.7. The van der Waals surface area contributed by atoms with Crippen molar-refractivity contribution < 1.29 is 56.6 Å². The van der Waals surface area contributed by atoms with Gasteiger partial charge in [0.1, 0.15) is 36.6 Å². The minimum absolute atomic E-state index is 0.0187. The summed E-state index contributed by atoms with van der Waals surface area (Å²) in [5.41, 5.74) is 2.23. The average molecular weight is 885 g/mol. The summed E-state index contributed by atoms with van der Waals surface area (Å²) in [6, 6.07) is 0. The second kappa shape index (κ2) is 16.8. The molecule has 0 radical (unpaired) electrons. The molecule has 0 aromatic carbocycles. The molecule has 11 heterocycles. The summed E-state index contributed by atoms with van der Waals surface area (Å²) in [6.07, 6.45) is 6.66. The Morgan fingerprint density at radius 1 is 0.694 bits per heavy atom. The maximum Gasteiger partial charge on any atom is 0.308 e. The van der Waals surface area contributed by atoms with Gasteiger partial charge >= 0.3 is 5.97 Å². The summed E-state index contributed by atoms with van der Waals surface area (Å²) >= 11 is 0. The normalized spacial score (nSPS) is 50.7. The lowest BCUT2D eigenvalue weighted by Crippen LogP contribution is -2.63. The van der Waals surface area contributed by atoms with Crippen LogP contribution in [-0.2, 0) is 56.6 Å². The van der Waals surface area contributed by atoms with E-state index in [1.807, 2.05) is 0 Å². The molecule has 11 saturated heterocycles. The van der Waals surface area contributed by atoms with Gasteiger partial charge in [-0.1, -0.05) is 61.1 Å². The van der Waals surface area contributed by atoms with Crippen LogP contribution < -0.4 is 0 Å². The number of hydrogen-bond acceptors (Lipinski definition) is 12. The smallest absolute Gasteiger partial charge is 0.308 e. The molecule has 11 fully saturated rings. The monoisotopic (exact) mass is 885 g/mol. The van der Waals surface area contributed by atoms with Gasteiger partial charge in [0.05, 0.1) is 79.7 Å². The maximum absolute atomic E-state index is 14.3. The maximum atomic E-state index is 14.3. The van der Waals surface area contributed by atoms with Crippen LogP contribution in [0.25, 0.3) is 0 Å². The zero-order chi connectivity index (χ0) is 43.5. The van der Waals surface area contributed by atoms with E-state index >= 15 is 0 Å². The molecule has 11 aliphatic rings. The van der Waals surface area contributed by atoms with Gasteiger partial charge in [0.25, 0.3) is 0 Å². The zero-order valence-corrected chi connectivity index (χ0v) is 39.8. The molecular formula is C49H76O12Si. The van der Waals surface area contributed by atoms with Crippen LogP contribution in [0, 0.1) is 11.8 Å². The van der Waals surface area contributed by atoms with Gasteiger partial charge in [-0.3, -0.25) is 4.79 Å². The number of hydrogen-bond donors (Lipinski definition) is 0. The van der Waals surface area contributed by atoms with E-state index in [1.165, 1.54) is 0 Å². The van der Waals surface area contributed by atoms with Crippen molar-refractivity contribution in [3.63, 3.8) is 0 Å². The molecule has 12 bridgehead atoms. The molecule has 12 nitrogen and oxygen atoms in total. The molecule has 21 atom stereocenters. The summed E-state index contributed by atoms with van der Waals surface area (Å²) in [7, 11) is -2.11. The highest BCUT2D eigenvalue weighted by molar-refractivity contribution is 6.74. The highest BCUT2D eigenvalue weighted by atomic mass is 28.4. The Morgan fingerprint density at radius 2 is 1.40 bits per heavy atom. The molecular weight excluding hydrogens is 809 g/mol. The van der Waals surface area contributed by atoms with Crippen LogP contribution in [0.2, 0.25) is 18.1 Å². The van der Waals surface area contributed by atoms with Crippen LogP contribution in [-0.4, -0.2) is 130 Å². The van der Waals surface area contributed by atoms with E-state index in [0.717, 1.165) is 68.9 Å². The van der Waals surface area contributed by atoms with Crippen molar-refractivity contribution in [3.05, 3.63) is 24.3 Å². The minimum Gasteiger partial charge on any atom is -0.459 e. The summed E-state index contributed by atoms with van der Waals surface area (Å²) < 4.78 is 75.9. The van der Waals surface area contributed by atoms with Crippen molar-refractivity contribution >= 4 is 14.3 Å². The molecule has 0 aliphatic carbocycles. The number of fused-ring (bicyclic) bond motifs is 7. The molecule has 1 spiro atoms. The fourth-order valence-corrected chi connectivity index (χ4v) is 14.1. The molecule has 6 unspecified atom stereocenters. The van der Waals surface area contributed by atoms with Gasteiger partial charge in [-0.2, -0.15) is 0 Å². The summed E-state index contributed by atoms with van der Waals surface area (Å²) in [4.78, 5) is 14.3. The number of rotatable bonds is 4. The summed E-state index contributed by atoms with van der Waals surface area (Å²) in [5, 5.41) is 0.0613. The Bertz CT molecular complexity index is 1700. The van der Waals surface area contributed by atoms with Crippen LogP contribution in [0.5, 0.6) is 0 Å². The predicted octanol–water partition coefficient (Wildman–Crippen LogP) is 8.03. The third-order valence-electron chi connectivity index (χ3n) is 17.2. The highest BCUT2D eigenvalue weighted by Gasteiger charge is 2.69. The largest absolute Gasteiger partial charge is 0.459 e. The van der Waals surface area contributed by atoms with Crippen molar-refractivity contribution in [3.8, 4) is 0 Å². The Hall–Kier alpha value is -1.23. The summed E-state index contributed by atoms with van der Waals surface area (Å²) in [6.45, 7) is 27.2. The molecule has 13 heteroatoms. The van der Waals surface area contributed by atoms with Gasteiger partial charge < -0.3 is 51.8 Å². The number of ether oxygens (including phenoxy) is 10. The first-order chi connectivity index (χ1) is 29.5. The standard InChI is InChI=1S/C49H76O12Si/c1-11-12-33-36(61-62(9,10)48(6,7)8)23-38-41(55-33)28(5)42-37(54-38)22-35-27(4)25(2)19-29(52-35)13-15-32-26(3)20-31(51-32)17-18-49-24-39-44(59-49)45-46(57-39)47(60-49)43-34(56-45)16-14-30(53-43)21-40(50)58-42/h25,28-39,41-47H,3-4,11-24H2,1-2,5-10H3/t25-,28+,29?,30?,31+,32?,33-,34+,35-,36-,37?,38?,39-,41+,42-,43+,44+,45+,46?,47+,49+/m1/s1. The van der Waals surface area contributed by atoms with E-state index in [2.05, 4.69) is 67.8 Å². The lowest BCUT2D eigenvalue weighted by atomic mass is 9.79. The molecule has 0 aromatic rings. The Labute approximate surface area is 371 Å². The number of carbonyl (C=O) groups is 1. The molecule has 0 N–H and O–H groups in total. The van der Waals surface area contributed by atoms with Crippen LogP contribution in [0.4, 0.5) is 0 Å². The Balaban J connectivity index is 0.931. The quantitative estimate of drug-likeness (QED) is 0.155. The number of carbonyl (C=O) groups excluding carboxylic acids is 1. The van der Waals surface area contributed by atoms with Gasteiger partial charge in [0, 0.05) is 31.6 Å². The third kappa shape index (κ3) is 8.19. The zero-order valence-electron chi connectivity index (χ0n) is 38.8. The van der Waals surface area contributed by atoms with Gasteiger partial charge in [-0.05, 0) is 86.6 Å². The van der Waals surface area contributed by atoms with E-state index < -0.39 is 26.3 Å². The van der Waals surface area contributed by atoms with Gasteiger partial charge in [-0.25, -0.2) is 0 Å². The van der Waals surface area contributed by atoms with Crippen molar-refractivity contribution in [1.29, 1.82) is 0 Å². The second-order valence-electron chi connectivity index (χ2n) is 22.6. The van der Waals surface area contributed by atoms with Crippen LogP contribution in [0.1, 0.15) is 131 Å². The molecule has 11 aliphatic heterocycles. The Kier molecular flexibility index (Phi) is 12.1. The molecule has 348 valence electrons. The average Bonchev–Trinajstić information content (AvgIpc) is 3.79. The van der Waals surface area contributed by atoms with E-state index in [0.29, 0.717) is 25.7 Å². The Morgan fingerprint density at radius 3 is 2.19 bits per heavy atom. The van der Waals surface area contributed by atoms with Crippen molar-refractivity contribution in [2.45, 2.75) is 265 Å². The van der Waals surface area contributed by atoms with Crippen molar-refractivity contribution in [2.75, 3.05) is 0 Å². The van der Waals surface area contributed by atoms with E-state index in [9.17, 15) is 4.79 Å². The summed E-state index contributed by atoms with van der Waals surface area (Å²) in [5.74, 6) is -0.937. The first-order valence-corrected chi connectivity index (χ1v) is 27.6. The second-order valence-corrected chi connectivity index (χ2v) is 27.3. The van der Waals surface area contributed by atoms with Crippen LogP contribution in [0.3, 0.4) is 0 Å². The van der Waals surface area contributed by atoms with E-state index in [4.69, 9.17) is 51.8 Å². The first-order valence-electron chi connectivity index (χ1n) is 24.7. The topological polar surface area (TPSA) is 119 Å². The molecule has 62 heavy (non-hydrogen) atoms. The minimum atomic E-state index is -2.11. The number of esters is 1. The van der Waals surface area contributed by atoms with E-state index in [-0.39, 0.29) is 127 Å². The van der Waals surface area contributed by atoms with Crippen molar-refractivity contribution in [1.82, 2.24) is 0 Å². The fourth-order valence-electron chi connectivity index (χ4n) is 12.7. The van der Waals surface area contributed by atoms with Crippen LogP contribution >= 0.6 is 0 Å². The van der Waals surface area contributed by atoms with Crippen LogP contribution in [0.15, 0.2) is 24.3 Å². The predicted molar refractivity (Wildman–Crippen MR) is 232 cm³/mol. The fraction of sp³-hybridized carbons (Fsp3) is 0.898. The molecule has 0 aromatic heterocycles. The SMILES string of the molecule is C=C1C[C@@H]2CC[C@@]34C[C@H]5OC6[C@@H](O[C@H]7CCC(CC(=O)O[C@H]8C(C[C@H]9OC(CCC1O2)C[C@@H](C)C9=C)OC1C[C@@H](O[Si](C)(C)C(C)(C)C)[C@@H](CCC)O[C@H]1[C@@H]8C)O[C@@H]7[C@@H]6O3)[C@H]5O4. The van der Waals surface area contributed by atoms with Gasteiger partial charge in [0.2, 0.25) is 0 Å². The molecule has 0 saturated carbocycles. The molecule has 0 amide bonds. The van der Waals surface area contributed by atoms with Crippen molar-refractivity contribution in [2.24, 2.45) is 11.8 Å². The molecule has 11 rings (SSSR count). The van der Waals surface area contributed by atoms with Gasteiger partial charge in [-0.15, -0.1) is 0 Å². The van der Waals surface area contributed by atoms with E-state index in [1.54, 1.807) is 0 Å². The first kappa shape index (κ1) is 44.6. The lowest BCUT2D eigenvalue weighted by Gasteiger charge is -2.53. The lowest BCUT2D eigenvalue weighted by molar-refractivity contribution is -0.293. The highest BCUT2D eigenvalue weighted by Crippen LogP contribution is 2.55. The van der Waals surface area contributed by atoms with Gasteiger partial charge in [0.15, 0.2) is 14.1 Å².